The Bertz CT molecular complexity index is 240. The third kappa shape index (κ3) is 6.96. The Hall–Kier alpha value is -1.42. The van der Waals surface area contributed by atoms with Crippen molar-refractivity contribution in [3.8, 4) is 0 Å². The Morgan fingerprint density at radius 3 is 1.77 bits per heavy atom. The van der Waals surface area contributed by atoms with Gasteiger partial charge in [0.1, 0.15) is 12.7 Å². The zero-order valence-electron chi connectivity index (χ0n) is 7.98. The number of carboxylic acids is 1. The monoisotopic (exact) mass is 186 g/mol. The van der Waals surface area contributed by atoms with Gasteiger partial charge in [0.15, 0.2) is 0 Å². The van der Waals surface area contributed by atoms with E-state index in [2.05, 4.69) is 5.73 Å². The molecule has 13 heavy (non-hydrogen) atoms. The molecule has 3 nitrogen and oxygen atoms in total. The highest BCUT2D eigenvalue weighted by Gasteiger charge is 2.08. The van der Waals surface area contributed by atoms with Gasteiger partial charge in [-0.1, -0.05) is 36.4 Å². The Balaban J connectivity index is 0.000000249. The van der Waals surface area contributed by atoms with E-state index in [1.54, 1.807) is 0 Å². The lowest BCUT2D eigenvalue weighted by Gasteiger charge is -1.94. The van der Waals surface area contributed by atoms with E-state index in [-0.39, 0.29) is 0 Å². The number of halogens is 1. The second-order valence-electron chi connectivity index (χ2n) is 2.12. The van der Waals surface area contributed by atoms with Gasteiger partial charge in [-0.25, -0.2) is 4.39 Å². The molecule has 0 spiro atoms. The summed E-state index contributed by atoms with van der Waals surface area (Å²) in [6, 6.07) is 9.54. The number of carboxylic acid groups (broad SMARTS) is 1. The van der Waals surface area contributed by atoms with Crippen molar-refractivity contribution >= 4 is 5.97 Å². The van der Waals surface area contributed by atoms with Crippen molar-refractivity contribution in [3.05, 3.63) is 36.4 Å². The number of carbonyl (C=O) groups is 1. The Morgan fingerprint density at radius 1 is 1.38 bits per heavy atom. The zero-order chi connectivity index (χ0) is 11.0. The van der Waals surface area contributed by atoms with Gasteiger partial charge in [-0.3, -0.25) is 4.79 Å². The predicted octanol–water partition coefficient (Wildman–Crippen LogP) is 1.05. The molecule has 0 aliphatic heterocycles. The summed E-state index contributed by atoms with van der Waals surface area (Å²) in [6.07, 6.45) is 0. The highest BCUT2D eigenvalue weighted by atomic mass is 19.1. The van der Waals surface area contributed by atoms with Crippen LogP contribution in [0.1, 0.15) is 1.37 Å². The summed E-state index contributed by atoms with van der Waals surface area (Å²) < 4.78 is 17.8. The van der Waals surface area contributed by atoms with Crippen molar-refractivity contribution in [2.75, 3.05) is 6.67 Å². The summed E-state index contributed by atoms with van der Waals surface area (Å²) >= 11 is 0. The van der Waals surface area contributed by atoms with Crippen molar-refractivity contribution in [3.63, 3.8) is 0 Å². The maximum Gasteiger partial charge on any atom is 0.323 e. The van der Waals surface area contributed by atoms with Gasteiger partial charge in [-0.2, -0.15) is 0 Å². The van der Waals surface area contributed by atoms with Crippen LogP contribution < -0.4 is 5.73 Å². The summed E-state index contributed by atoms with van der Waals surface area (Å²) in [4.78, 5) is 9.70. The fourth-order valence-electron chi connectivity index (χ4n) is 0.442. The summed E-state index contributed by atoms with van der Waals surface area (Å²) in [5.41, 5.74) is 4.55. The second kappa shape index (κ2) is 7.24. The molecule has 1 rings (SSSR count). The van der Waals surface area contributed by atoms with Crippen LogP contribution in [0.3, 0.4) is 0 Å². The number of hydrogen-bond donors (Lipinski definition) is 2. The van der Waals surface area contributed by atoms with E-state index in [0.717, 1.165) is 0 Å². The fraction of sp³-hybridized carbons (Fsp3) is 0.222. The molecule has 0 radical (unpaired) electrons. The topological polar surface area (TPSA) is 63.3 Å². The number of alkyl halides is 1. The van der Waals surface area contributed by atoms with E-state index in [4.69, 9.17) is 6.48 Å². The average molecular weight is 186 g/mol. The smallest absolute Gasteiger partial charge is 0.323 e. The second-order valence-corrected chi connectivity index (χ2v) is 2.12. The van der Waals surface area contributed by atoms with Crippen LogP contribution in [0.25, 0.3) is 0 Å². The lowest BCUT2D eigenvalue weighted by atomic mass is 10.4. The number of aliphatic carboxylic acids is 1. The van der Waals surface area contributed by atoms with Crippen LogP contribution in [0.2, 0.25) is 0 Å². The number of benzene rings is 1. The summed E-state index contributed by atoms with van der Waals surface area (Å²) in [5.74, 6) is -1.65. The van der Waals surface area contributed by atoms with Crippen LogP contribution in [0.4, 0.5) is 4.39 Å². The van der Waals surface area contributed by atoms with E-state index >= 15 is 0 Å². The van der Waals surface area contributed by atoms with Crippen molar-refractivity contribution < 1.29 is 15.7 Å². The maximum atomic E-state index is 11.3. The number of hydrogen-bond acceptors (Lipinski definition) is 2. The molecule has 0 aromatic heterocycles. The van der Waals surface area contributed by atoms with Gasteiger partial charge in [-0.15, -0.1) is 0 Å². The molecule has 0 saturated carbocycles. The Labute approximate surface area is 77.4 Å². The minimum atomic E-state index is -2.46. The van der Waals surface area contributed by atoms with Gasteiger partial charge >= 0.3 is 5.97 Å². The lowest BCUT2D eigenvalue weighted by Crippen LogP contribution is -2.31. The Kier molecular flexibility index (Phi) is 5.38. The third-order valence-corrected chi connectivity index (χ3v) is 1.09. The van der Waals surface area contributed by atoms with E-state index in [1.165, 1.54) is 0 Å². The first kappa shape index (κ1) is 9.67. The molecular formula is C9H12FNO2. The zero-order valence-corrected chi connectivity index (χ0v) is 6.98. The molecule has 0 aliphatic rings. The molecule has 0 bridgehead atoms. The molecular weight excluding hydrogens is 173 g/mol. The van der Waals surface area contributed by atoms with Gasteiger partial charge in [0, 0.05) is 0 Å². The summed E-state index contributed by atoms with van der Waals surface area (Å²) in [5, 5.41) is 7.89. The molecule has 0 amide bonds. The summed E-state index contributed by atoms with van der Waals surface area (Å²) in [6.45, 7) is -1.37. The van der Waals surface area contributed by atoms with Crippen molar-refractivity contribution in [1.82, 2.24) is 0 Å². The number of nitrogens with two attached hydrogens (primary N) is 1. The van der Waals surface area contributed by atoms with Crippen LogP contribution in [0.15, 0.2) is 36.4 Å². The minimum Gasteiger partial charge on any atom is -0.480 e. The van der Waals surface area contributed by atoms with Crippen LogP contribution in [0, 0.1) is 0 Å². The largest absolute Gasteiger partial charge is 0.480 e. The third-order valence-electron chi connectivity index (χ3n) is 1.09. The van der Waals surface area contributed by atoms with Gasteiger partial charge < -0.3 is 10.8 Å². The molecule has 4 heteroatoms. The van der Waals surface area contributed by atoms with Gasteiger partial charge in [0.25, 0.3) is 0 Å². The molecule has 72 valence electrons. The first-order chi connectivity index (χ1) is 6.50. The van der Waals surface area contributed by atoms with Crippen molar-refractivity contribution in [1.29, 1.82) is 0 Å². The standard InChI is InChI=1S/C6H6.C3H6FNO2/c1-2-4-6-5-3-1;4-1-2(5)3(6)7/h1-6H;2H,1,5H2,(H,6,7)/i;2D. The molecule has 3 N–H and O–H groups in total. The Morgan fingerprint density at radius 2 is 1.69 bits per heavy atom. The van der Waals surface area contributed by atoms with Crippen molar-refractivity contribution in [2.45, 2.75) is 6.02 Å². The first-order valence-electron chi connectivity index (χ1n) is 4.09. The van der Waals surface area contributed by atoms with Crippen LogP contribution >= 0.6 is 0 Å². The quantitative estimate of drug-likeness (QED) is 0.725. The van der Waals surface area contributed by atoms with Gasteiger partial charge in [0.2, 0.25) is 0 Å². The van der Waals surface area contributed by atoms with E-state index < -0.39 is 18.7 Å². The van der Waals surface area contributed by atoms with Crippen molar-refractivity contribution in [2.24, 2.45) is 5.73 Å². The highest BCUT2D eigenvalue weighted by molar-refractivity contribution is 5.73. The molecule has 1 aromatic rings. The molecule has 0 saturated heterocycles. The van der Waals surface area contributed by atoms with E-state index in [0.29, 0.717) is 0 Å². The van der Waals surface area contributed by atoms with Crippen LogP contribution in [-0.2, 0) is 4.79 Å². The fourth-order valence-corrected chi connectivity index (χ4v) is 0.442. The number of rotatable bonds is 2. The average Bonchev–Trinajstić information content (AvgIpc) is 2.21. The molecule has 1 unspecified atom stereocenters. The molecule has 0 fully saturated rings. The van der Waals surface area contributed by atoms with Crippen LogP contribution in [0.5, 0.6) is 0 Å². The van der Waals surface area contributed by atoms with Gasteiger partial charge in [0.05, 0.1) is 1.37 Å². The normalized spacial score (nSPS) is 14.5. The minimum absolute atomic E-state index is 1.37. The highest BCUT2D eigenvalue weighted by Crippen LogP contribution is 1.80. The molecule has 1 aromatic carbocycles. The SMILES string of the molecule is [2H]C(N)(CF)C(=O)O.c1ccccc1. The lowest BCUT2D eigenvalue weighted by molar-refractivity contribution is -0.138. The van der Waals surface area contributed by atoms with Crippen LogP contribution in [-0.4, -0.2) is 23.8 Å². The molecule has 1 atom stereocenters. The van der Waals surface area contributed by atoms with E-state index in [1.807, 2.05) is 36.4 Å². The molecule has 0 aliphatic carbocycles. The predicted molar refractivity (Wildman–Crippen MR) is 48.0 cm³/mol. The van der Waals surface area contributed by atoms with Gasteiger partial charge in [-0.05, 0) is 0 Å². The van der Waals surface area contributed by atoms with E-state index in [9.17, 15) is 9.18 Å². The summed E-state index contributed by atoms with van der Waals surface area (Å²) in [7, 11) is 0. The first-order valence-corrected chi connectivity index (χ1v) is 3.59. The maximum absolute atomic E-state index is 11.3. The molecule has 0 heterocycles.